The van der Waals surface area contributed by atoms with E-state index in [0.717, 1.165) is 0 Å². The molecule has 1 aliphatic heterocycles. The molecule has 5 heteroatoms. The van der Waals surface area contributed by atoms with Crippen LogP contribution in [-0.2, 0) is 9.47 Å². The molecule has 0 atom stereocenters. The van der Waals surface area contributed by atoms with Gasteiger partial charge in [0.05, 0.1) is 0 Å². The van der Waals surface area contributed by atoms with E-state index >= 15 is 0 Å². The SMILES string of the molecule is FC1OCC(F)(F)CO1. The van der Waals surface area contributed by atoms with E-state index in [0.29, 0.717) is 0 Å². The minimum Gasteiger partial charge on any atom is -0.320 e. The Hall–Kier alpha value is -0.290. The Balaban J connectivity index is 2.35. The minimum atomic E-state index is -3.03. The number of alkyl halides is 3. The summed E-state index contributed by atoms with van der Waals surface area (Å²) in [6, 6.07) is 0. The lowest BCUT2D eigenvalue weighted by Crippen LogP contribution is -2.38. The van der Waals surface area contributed by atoms with Crippen molar-refractivity contribution in [3.05, 3.63) is 0 Å². The third-order valence-electron chi connectivity index (χ3n) is 0.851. The molecule has 0 saturated carbocycles. The number of halogens is 3. The lowest BCUT2D eigenvalue weighted by molar-refractivity contribution is -0.311. The van der Waals surface area contributed by atoms with Crippen LogP contribution in [0, 0.1) is 0 Å². The fourth-order valence-electron chi connectivity index (χ4n) is 0.465. The summed E-state index contributed by atoms with van der Waals surface area (Å²) in [6.07, 6.45) is 0. The summed E-state index contributed by atoms with van der Waals surface area (Å²) in [5.41, 5.74) is 0. The first-order chi connectivity index (χ1) is 4.10. The van der Waals surface area contributed by atoms with Gasteiger partial charge in [-0.15, -0.1) is 0 Å². The summed E-state index contributed by atoms with van der Waals surface area (Å²) >= 11 is 0. The maximum absolute atomic E-state index is 12.0. The molecule has 0 aromatic rings. The second kappa shape index (κ2) is 2.15. The largest absolute Gasteiger partial charge is 0.320 e. The van der Waals surface area contributed by atoms with Gasteiger partial charge >= 0.3 is 6.54 Å². The number of hydrogen-bond acceptors (Lipinski definition) is 2. The normalized spacial score (nSPS) is 28.3. The van der Waals surface area contributed by atoms with Crippen LogP contribution in [-0.4, -0.2) is 25.7 Å². The molecule has 1 aliphatic rings. The Kier molecular flexibility index (Phi) is 1.63. The molecule has 0 amide bonds. The first-order valence-electron chi connectivity index (χ1n) is 2.35. The molecule has 0 aromatic heterocycles. The van der Waals surface area contributed by atoms with Crippen LogP contribution in [0.1, 0.15) is 0 Å². The zero-order chi connectivity index (χ0) is 6.91. The predicted octanol–water partition coefficient (Wildman–Crippen LogP) is 0.922. The van der Waals surface area contributed by atoms with E-state index in [4.69, 9.17) is 0 Å². The van der Waals surface area contributed by atoms with Crippen molar-refractivity contribution in [1.29, 1.82) is 0 Å². The van der Waals surface area contributed by atoms with Crippen molar-refractivity contribution < 1.29 is 22.6 Å². The highest BCUT2D eigenvalue weighted by Crippen LogP contribution is 2.21. The average Bonchev–Trinajstić information content (AvgIpc) is 1.78. The smallest absolute Gasteiger partial charge is 0.309 e. The maximum atomic E-state index is 12.0. The van der Waals surface area contributed by atoms with Crippen molar-refractivity contribution in [3.8, 4) is 0 Å². The third-order valence-corrected chi connectivity index (χ3v) is 0.851. The quantitative estimate of drug-likeness (QED) is 0.500. The van der Waals surface area contributed by atoms with Gasteiger partial charge in [0, 0.05) is 0 Å². The van der Waals surface area contributed by atoms with Gasteiger partial charge in [0.25, 0.3) is 5.92 Å². The fraction of sp³-hybridized carbons (Fsp3) is 1.00. The van der Waals surface area contributed by atoms with E-state index in [2.05, 4.69) is 9.47 Å². The van der Waals surface area contributed by atoms with Gasteiger partial charge in [0.2, 0.25) is 0 Å². The lowest BCUT2D eigenvalue weighted by Gasteiger charge is -2.23. The van der Waals surface area contributed by atoms with Gasteiger partial charge in [-0.3, -0.25) is 0 Å². The molecule has 1 saturated heterocycles. The second-order valence-corrected chi connectivity index (χ2v) is 1.75. The van der Waals surface area contributed by atoms with Gasteiger partial charge < -0.3 is 9.47 Å². The van der Waals surface area contributed by atoms with Gasteiger partial charge in [-0.1, -0.05) is 0 Å². The van der Waals surface area contributed by atoms with Crippen LogP contribution in [0.25, 0.3) is 0 Å². The monoisotopic (exact) mass is 142 g/mol. The van der Waals surface area contributed by atoms with Crippen molar-refractivity contribution in [2.24, 2.45) is 0 Å². The maximum Gasteiger partial charge on any atom is 0.309 e. The molecule has 0 bridgehead atoms. The van der Waals surface area contributed by atoms with Crippen molar-refractivity contribution >= 4 is 0 Å². The molecule has 9 heavy (non-hydrogen) atoms. The summed E-state index contributed by atoms with van der Waals surface area (Å²) in [5.74, 6) is -3.03. The number of hydrogen-bond donors (Lipinski definition) is 0. The van der Waals surface area contributed by atoms with Crippen LogP contribution < -0.4 is 0 Å². The Morgan fingerprint density at radius 1 is 1.22 bits per heavy atom. The summed E-state index contributed by atoms with van der Waals surface area (Å²) in [6.45, 7) is -3.77. The first kappa shape index (κ1) is 6.82. The van der Waals surface area contributed by atoms with Crippen LogP contribution in [0.3, 0.4) is 0 Å². The summed E-state index contributed by atoms with van der Waals surface area (Å²) in [5, 5.41) is 0. The molecule has 1 rings (SSSR count). The van der Waals surface area contributed by atoms with Gasteiger partial charge in [-0.25, -0.2) is 8.78 Å². The number of rotatable bonds is 0. The van der Waals surface area contributed by atoms with Gasteiger partial charge in [0.1, 0.15) is 13.2 Å². The van der Waals surface area contributed by atoms with Crippen molar-refractivity contribution in [2.45, 2.75) is 12.5 Å². The van der Waals surface area contributed by atoms with Crippen molar-refractivity contribution in [3.63, 3.8) is 0 Å². The van der Waals surface area contributed by atoms with Crippen LogP contribution in [0.15, 0.2) is 0 Å². The highest BCUT2D eigenvalue weighted by molar-refractivity contribution is 4.66. The van der Waals surface area contributed by atoms with E-state index in [1.54, 1.807) is 0 Å². The van der Waals surface area contributed by atoms with Gasteiger partial charge in [-0.05, 0) is 0 Å². The summed E-state index contributed by atoms with van der Waals surface area (Å²) in [4.78, 5) is 0. The van der Waals surface area contributed by atoms with E-state index in [-0.39, 0.29) is 0 Å². The summed E-state index contributed by atoms with van der Waals surface area (Å²) < 4.78 is 43.4. The molecule has 0 aromatic carbocycles. The predicted molar refractivity (Wildman–Crippen MR) is 21.7 cm³/mol. The second-order valence-electron chi connectivity index (χ2n) is 1.75. The Morgan fingerprint density at radius 3 is 2.00 bits per heavy atom. The van der Waals surface area contributed by atoms with E-state index < -0.39 is 25.7 Å². The zero-order valence-electron chi connectivity index (χ0n) is 4.44. The Labute approximate surface area is 49.6 Å². The Bertz CT molecular complexity index is 96.0. The Morgan fingerprint density at radius 2 is 1.67 bits per heavy atom. The molecular weight excluding hydrogens is 137 g/mol. The fourth-order valence-corrected chi connectivity index (χ4v) is 0.465. The highest BCUT2D eigenvalue weighted by atomic mass is 19.3. The molecule has 54 valence electrons. The van der Waals surface area contributed by atoms with E-state index in [1.807, 2.05) is 0 Å². The van der Waals surface area contributed by atoms with Crippen molar-refractivity contribution in [1.82, 2.24) is 0 Å². The van der Waals surface area contributed by atoms with Crippen LogP contribution in [0.4, 0.5) is 13.2 Å². The van der Waals surface area contributed by atoms with E-state index in [9.17, 15) is 13.2 Å². The van der Waals surface area contributed by atoms with Gasteiger partial charge in [-0.2, -0.15) is 4.39 Å². The molecule has 0 spiro atoms. The molecule has 0 radical (unpaired) electrons. The van der Waals surface area contributed by atoms with Crippen LogP contribution in [0.2, 0.25) is 0 Å². The first-order valence-corrected chi connectivity index (χ1v) is 2.35. The van der Waals surface area contributed by atoms with Crippen molar-refractivity contribution in [2.75, 3.05) is 13.2 Å². The van der Waals surface area contributed by atoms with Crippen LogP contribution in [0.5, 0.6) is 0 Å². The molecule has 0 N–H and O–H groups in total. The van der Waals surface area contributed by atoms with E-state index in [1.165, 1.54) is 0 Å². The number of ether oxygens (including phenoxy) is 2. The zero-order valence-corrected chi connectivity index (χ0v) is 4.44. The standard InChI is InChI=1S/C4H5F3O2/c5-3-8-1-4(6,7)2-9-3/h3H,1-2H2. The van der Waals surface area contributed by atoms with Gasteiger partial charge in [0.15, 0.2) is 0 Å². The molecule has 1 fully saturated rings. The highest BCUT2D eigenvalue weighted by Gasteiger charge is 2.36. The molecule has 0 aliphatic carbocycles. The lowest BCUT2D eigenvalue weighted by atomic mass is 10.4. The molecule has 0 unspecified atom stereocenters. The third kappa shape index (κ3) is 1.83. The minimum absolute atomic E-state index is 0.895. The molecular formula is C4H5F3O2. The topological polar surface area (TPSA) is 18.5 Å². The van der Waals surface area contributed by atoms with Crippen LogP contribution >= 0.6 is 0 Å². The average molecular weight is 142 g/mol. The molecule has 1 heterocycles. The summed E-state index contributed by atoms with van der Waals surface area (Å²) in [7, 11) is 0. The molecule has 2 nitrogen and oxygen atoms in total.